The van der Waals surface area contributed by atoms with E-state index < -0.39 is 10.9 Å². The Kier molecular flexibility index (Phi) is 4.18. The highest BCUT2D eigenvalue weighted by Crippen LogP contribution is 2.21. The molecule has 6 nitrogen and oxygen atoms in total. The maximum Gasteiger partial charge on any atom is 0.343 e. The monoisotopic (exact) mass is 287 g/mol. The van der Waals surface area contributed by atoms with Crippen molar-refractivity contribution in [2.24, 2.45) is 0 Å². The number of nitro groups is 1. The summed E-state index contributed by atoms with van der Waals surface area (Å²) in [4.78, 5) is 22.1. The summed E-state index contributed by atoms with van der Waals surface area (Å²) in [5.41, 5.74) is 1.07. The van der Waals surface area contributed by atoms with Gasteiger partial charge in [0.2, 0.25) is 0 Å². The van der Waals surface area contributed by atoms with Crippen molar-refractivity contribution in [2.75, 3.05) is 7.11 Å². The third kappa shape index (κ3) is 3.36. The summed E-state index contributed by atoms with van der Waals surface area (Å²) >= 11 is 0. The molecule has 21 heavy (non-hydrogen) atoms. The second kappa shape index (κ2) is 6.04. The number of carbonyl (C=O) groups excluding carboxylic acids is 1. The maximum atomic E-state index is 12.1. The van der Waals surface area contributed by atoms with Crippen LogP contribution < -0.4 is 9.47 Å². The van der Waals surface area contributed by atoms with Crippen molar-refractivity contribution in [2.45, 2.75) is 6.92 Å². The van der Waals surface area contributed by atoms with E-state index in [0.29, 0.717) is 11.3 Å². The fourth-order valence-corrected chi connectivity index (χ4v) is 1.79. The number of nitro benzene ring substituents is 1. The van der Waals surface area contributed by atoms with E-state index in [2.05, 4.69) is 0 Å². The molecule has 0 fully saturated rings. The zero-order valence-electron chi connectivity index (χ0n) is 11.5. The molecule has 0 aliphatic heterocycles. The van der Waals surface area contributed by atoms with Crippen LogP contribution in [-0.2, 0) is 0 Å². The lowest BCUT2D eigenvalue weighted by atomic mass is 10.1. The number of methoxy groups -OCH3 is 1. The smallest absolute Gasteiger partial charge is 0.343 e. The summed E-state index contributed by atoms with van der Waals surface area (Å²) in [6.07, 6.45) is 0. The molecule has 0 aliphatic carbocycles. The average Bonchev–Trinajstić information content (AvgIpc) is 2.47. The molecule has 0 amide bonds. The van der Waals surface area contributed by atoms with E-state index in [4.69, 9.17) is 9.47 Å². The van der Waals surface area contributed by atoms with Crippen LogP contribution in [0.4, 0.5) is 5.69 Å². The molecule has 0 saturated heterocycles. The van der Waals surface area contributed by atoms with E-state index in [1.54, 1.807) is 32.2 Å². The lowest BCUT2D eigenvalue weighted by Gasteiger charge is -2.08. The summed E-state index contributed by atoms with van der Waals surface area (Å²) in [5, 5.41) is 10.5. The Labute approximate surface area is 121 Å². The second-order valence-electron chi connectivity index (χ2n) is 4.32. The summed E-state index contributed by atoms with van der Waals surface area (Å²) in [6, 6.07) is 10.3. The van der Waals surface area contributed by atoms with Crippen molar-refractivity contribution in [1.82, 2.24) is 0 Å². The standard InChI is InChI=1S/C15H13NO5/c1-10-9-13(20-2)7-8-14(10)15(17)21-12-5-3-11(4-6-12)16(18)19/h3-9H,1-2H3. The molecule has 108 valence electrons. The molecule has 0 unspecified atom stereocenters. The minimum absolute atomic E-state index is 0.0598. The third-order valence-corrected chi connectivity index (χ3v) is 2.91. The maximum absolute atomic E-state index is 12.1. The predicted molar refractivity (Wildman–Crippen MR) is 75.8 cm³/mol. The van der Waals surface area contributed by atoms with E-state index in [0.717, 1.165) is 5.56 Å². The third-order valence-electron chi connectivity index (χ3n) is 2.91. The fourth-order valence-electron chi connectivity index (χ4n) is 1.79. The number of nitrogens with zero attached hydrogens (tertiary/aromatic N) is 1. The number of hydrogen-bond acceptors (Lipinski definition) is 5. The van der Waals surface area contributed by atoms with Gasteiger partial charge in [-0.1, -0.05) is 0 Å². The van der Waals surface area contributed by atoms with Crippen LogP contribution in [0.3, 0.4) is 0 Å². The average molecular weight is 287 g/mol. The lowest BCUT2D eigenvalue weighted by Crippen LogP contribution is -2.10. The Hall–Kier alpha value is -2.89. The highest BCUT2D eigenvalue weighted by atomic mass is 16.6. The van der Waals surface area contributed by atoms with Gasteiger partial charge in [0.05, 0.1) is 17.6 Å². The Bertz CT molecular complexity index is 679. The van der Waals surface area contributed by atoms with Gasteiger partial charge in [-0.15, -0.1) is 0 Å². The first kappa shape index (κ1) is 14.5. The first-order valence-corrected chi connectivity index (χ1v) is 6.12. The van der Waals surface area contributed by atoms with Gasteiger partial charge in [0.15, 0.2) is 0 Å². The number of carbonyl (C=O) groups is 1. The largest absolute Gasteiger partial charge is 0.497 e. The number of non-ortho nitro benzene ring substituents is 1. The molecular formula is C15H13NO5. The summed E-state index contributed by atoms with van der Waals surface area (Å²) in [5.74, 6) is 0.379. The van der Waals surface area contributed by atoms with E-state index in [1.807, 2.05) is 0 Å². The van der Waals surface area contributed by atoms with Crippen molar-refractivity contribution >= 4 is 11.7 Å². The van der Waals surface area contributed by atoms with Crippen molar-refractivity contribution in [1.29, 1.82) is 0 Å². The minimum Gasteiger partial charge on any atom is -0.497 e. The zero-order chi connectivity index (χ0) is 15.4. The molecular weight excluding hydrogens is 274 g/mol. The minimum atomic E-state index is -0.524. The number of rotatable bonds is 4. The molecule has 0 atom stereocenters. The topological polar surface area (TPSA) is 78.7 Å². The normalized spacial score (nSPS) is 10.0. The molecule has 0 bridgehead atoms. The number of hydrogen-bond donors (Lipinski definition) is 0. The molecule has 0 N–H and O–H groups in total. The molecule has 0 aromatic heterocycles. The Morgan fingerprint density at radius 1 is 1.10 bits per heavy atom. The summed E-state index contributed by atoms with van der Waals surface area (Å²) < 4.78 is 10.3. The first-order chi connectivity index (χ1) is 10.0. The number of aryl methyl sites for hydroxylation is 1. The molecule has 0 saturated carbocycles. The van der Waals surface area contributed by atoms with Gasteiger partial charge in [0.25, 0.3) is 5.69 Å². The Morgan fingerprint density at radius 2 is 1.71 bits per heavy atom. The van der Waals surface area contributed by atoms with Crippen LogP contribution in [0.1, 0.15) is 15.9 Å². The summed E-state index contributed by atoms with van der Waals surface area (Å²) in [6.45, 7) is 1.77. The fraction of sp³-hybridized carbons (Fsp3) is 0.133. The van der Waals surface area contributed by atoms with Crippen LogP contribution in [-0.4, -0.2) is 18.0 Å². The molecule has 6 heteroatoms. The first-order valence-electron chi connectivity index (χ1n) is 6.12. The van der Waals surface area contributed by atoms with Crippen molar-refractivity contribution in [3.63, 3.8) is 0 Å². The van der Waals surface area contributed by atoms with Crippen LogP contribution in [0.5, 0.6) is 11.5 Å². The molecule has 2 rings (SSSR count). The van der Waals surface area contributed by atoms with E-state index in [9.17, 15) is 14.9 Å². The van der Waals surface area contributed by atoms with Gasteiger partial charge in [-0.2, -0.15) is 0 Å². The van der Waals surface area contributed by atoms with Crippen LogP contribution in [0.15, 0.2) is 42.5 Å². The van der Waals surface area contributed by atoms with Crippen LogP contribution in [0, 0.1) is 17.0 Å². The Morgan fingerprint density at radius 3 is 2.24 bits per heavy atom. The molecule has 0 spiro atoms. The highest BCUT2D eigenvalue weighted by Gasteiger charge is 2.13. The van der Waals surface area contributed by atoms with Crippen molar-refractivity contribution < 1.29 is 19.2 Å². The van der Waals surface area contributed by atoms with E-state index in [1.165, 1.54) is 24.3 Å². The lowest BCUT2D eigenvalue weighted by molar-refractivity contribution is -0.384. The van der Waals surface area contributed by atoms with Gasteiger partial charge in [0, 0.05) is 12.1 Å². The van der Waals surface area contributed by atoms with E-state index >= 15 is 0 Å². The quantitative estimate of drug-likeness (QED) is 0.373. The Balaban J connectivity index is 2.16. The van der Waals surface area contributed by atoms with Crippen molar-refractivity contribution in [3.8, 4) is 11.5 Å². The molecule has 0 radical (unpaired) electrons. The second-order valence-corrected chi connectivity index (χ2v) is 4.32. The summed E-state index contributed by atoms with van der Waals surface area (Å²) in [7, 11) is 1.55. The molecule has 2 aromatic rings. The van der Waals surface area contributed by atoms with Crippen LogP contribution >= 0.6 is 0 Å². The molecule has 2 aromatic carbocycles. The van der Waals surface area contributed by atoms with Gasteiger partial charge >= 0.3 is 5.97 Å². The van der Waals surface area contributed by atoms with Crippen molar-refractivity contribution in [3.05, 3.63) is 63.7 Å². The van der Waals surface area contributed by atoms with Gasteiger partial charge in [-0.3, -0.25) is 10.1 Å². The highest BCUT2D eigenvalue weighted by molar-refractivity contribution is 5.92. The van der Waals surface area contributed by atoms with Gasteiger partial charge in [0.1, 0.15) is 11.5 Å². The number of benzene rings is 2. The predicted octanol–water partition coefficient (Wildman–Crippen LogP) is 3.13. The van der Waals surface area contributed by atoms with Crippen LogP contribution in [0.2, 0.25) is 0 Å². The van der Waals surface area contributed by atoms with Gasteiger partial charge in [-0.05, 0) is 42.8 Å². The van der Waals surface area contributed by atoms with Crippen LogP contribution in [0.25, 0.3) is 0 Å². The SMILES string of the molecule is COc1ccc(C(=O)Oc2ccc([N+](=O)[O-])cc2)c(C)c1. The zero-order valence-corrected chi connectivity index (χ0v) is 11.5. The number of ether oxygens (including phenoxy) is 2. The number of esters is 1. The van der Waals surface area contributed by atoms with Gasteiger partial charge in [-0.25, -0.2) is 4.79 Å². The molecule has 0 heterocycles. The molecule has 0 aliphatic rings. The van der Waals surface area contributed by atoms with Gasteiger partial charge < -0.3 is 9.47 Å². The van der Waals surface area contributed by atoms with E-state index in [-0.39, 0.29) is 11.4 Å².